The van der Waals surface area contributed by atoms with Crippen LogP contribution >= 0.6 is 29.4 Å². The van der Waals surface area contributed by atoms with E-state index in [0.29, 0.717) is 23.0 Å². The third kappa shape index (κ3) is 10.3. The Morgan fingerprint density at radius 1 is 0.881 bits per heavy atom. The molecule has 2 unspecified atom stereocenters. The van der Waals surface area contributed by atoms with Gasteiger partial charge in [-0.25, -0.2) is 9.36 Å². The number of rotatable bonds is 19. The van der Waals surface area contributed by atoms with Crippen LogP contribution in [0.5, 0.6) is 11.5 Å². The quantitative estimate of drug-likeness (QED) is 0.0399. The summed E-state index contributed by atoms with van der Waals surface area (Å²) in [6.07, 6.45) is 0.471. The highest BCUT2D eigenvalue weighted by molar-refractivity contribution is 8.76. The van der Waals surface area contributed by atoms with Crippen LogP contribution in [-0.4, -0.2) is 92.7 Å². The Bertz CT molecular complexity index is 2180. The predicted octanol–water partition coefficient (Wildman–Crippen LogP) is 5.70. The second-order valence-corrected chi connectivity index (χ2v) is 17.2. The summed E-state index contributed by atoms with van der Waals surface area (Å²) >= 11 is 0. The van der Waals surface area contributed by atoms with E-state index in [9.17, 15) is 19.4 Å². The van der Waals surface area contributed by atoms with Gasteiger partial charge in [-0.05, 0) is 41.0 Å². The minimum Gasteiger partial charge on any atom is -0.497 e. The predicted molar refractivity (Wildman–Crippen MR) is 221 cm³/mol. The number of aromatic nitrogens is 2. The maximum atomic E-state index is 14.9. The summed E-state index contributed by atoms with van der Waals surface area (Å²) in [5.41, 5.74) is -0.517. The molecule has 312 valence electrons. The standard InChI is InChI=1S/C41H44N3O12PS2/c1-5-23-51-34-26-58-59-27-35(34)55-57(47,53-24-9-21-42)56-37-33(54-39(38(37)50-4)44-22-20-36(45)43-40(44)46)25-52-41(28-10-7-6-8-11-28,29-12-16-31(48-2)17-13-29)30-14-18-32(49-3)19-15-30/h1,6-8,10-20,22,33-35,37-39H,9,23-27H2,2-4H3,(H,43,45,46)/t33-,34-,35?,37-,38-,39-,57?/m1/s1. The van der Waals surface area contributed by atoms with Crippen LogP contribution in [0.2, 0.25) is 0 Å². The Kier molecular flexibility index (Phi) is 15.5. The lowest BCUT2D eigenvalue weighted by molar-refractivity contribution is -0.0977. The van der Waals surface area contributed by atoms with E-state index >= 15 is 0 Å². The highest BCUT2D eigenvalue weighted by Gasteiger charge is 2.53. The lowest BCUT2D eigenvalue weighted by Crippen LogP contribution is -2.42. The highest BCUT2D eigenvalue weighted by Crippen LogP contribution is 2.56. The molecular formula is C41H44N3O12PS2. The van der Waals surface area contributed by atoms with Crippen molar-refractivity contribution in [2.45, 2.75) is 48.8 Å². The largest absolute Gasteiger partial charge is 0.497 e. The molecule has 0 aliphatic carbocycles. The maximum Gasteiger partial charge on any atom is 0.475 e. The average molecular weight is 866 g/mol. The van der Waals surface area contributed by atoms with E-state index in [0.717, 1.165) is 21.3 Å². The zero-order valence-electron chi connectivity index (χ0n) is 32.5. The van der Waals surface area contributed by atoms with Gasteiger partial charge < -0.3 is 28.4 Å². The summed E-state index contributed by atoms with van der Waals surface area (Å²) in [6.45, 7) is -0.549. The molecule has 59 heavy (non-hydrogen) atoms. The minimum atomic E-state index is -4.61. The van der Waals surface area contributed by atoms with E-state index in [1.54, 1.807) is 25.0 Å². The van der Waals surface area contributed by atoms with E-state index in [4.69, 9.17) is 48.4 Å². The van der Waals surface area contributed by atoms with Gasteiger partial charge in [0.2, 0.25) is 0 Å². The van der Waals surface area contributed by atoms with E-state index < -0.39 is 61.4 Å². The number of methoxy groups -OCH3 is 3. The van der Waals surface area contributed by atoms with Crippen molar-refractivity contribution in [3.05, 3.63) is 129 Å². The van der Waals surface area contributed by atoms with Gasteiger partial charge in [-0.2, -0.15) is 5.26 Å². The number of nitriles is 1. The second-order valence-electron chi connectivity index (χ2n) is 13.1. The maximum absolute atomic E-state index is 14.9. The van der Waals surface area contributed by atoms with Crippen LogP contribution in [0.1, 0.15) is 29.3 Å². The van der Waals surface area contributed by atoms with Gasteiger partial charge in [-0.1, -0.05) is 82.1 Å². The number of aromatic amines is 1. The summed E-state index contributed by atoms with van der Waals surface area (Å²) in [4.78, 5) is 27.6. The Labute approximate surface area is 349 Å². The average Bonchev–Trinajstić information content (AvgIpc) is 3.60. The van der Waals surface area contributed by atoms with Crippen molar-refractivity contribution in [1.29, 1.82) is 5.26 Å². The molecule has 2 saturated heterocycles. The van der Waals surface area contributed by atoms with Gasteiger partial charge in [-0.3, -0.25) is 27.9 Å². The third-order valence-electron chi connectivity index (χ3n) is 9.64. The van der Waals surface area contributed by atoms with Crippen LogP contribution in [0.4, 0.5) is 0 Å². The second kappa shape index (κ2) is 20.7. The van der Waals surface area contributed by atoms with Gasteiger partial charge in [0.15, 0.2) is 6.23 Å². The van der Waals surface area contributed by atoms with Gasteiger partial charge >= 0.3 is 13.5 Å². The summed E-state index contributed by atoms with van der Waals surface area (Å²) in [5.74, 6) is 4.54. The van der Waals surface area contributed by atoms with Crippen LogP contribution in [0, 0.1) is 23.7 Å². The molecule has 1 aromatic heterocycles. The first-order chi connectivity index (χ1) is 28.7. The first-order valence-electron chi connectivity index (χ1n) is 18.4. The van der Waals surface area contributed by atoms with Crippen LogP contribution in [0.15, 0.2) is 101 Å². The molecule has 1 N–H and O–H groups in total. The molecule has 0 amide bonds. The van der Waals surface area contributed by atoms with Gasteiger partial charge in [0, 0.05) is 30.9 Å². The Morgan fingerprint density at radius 2 is 1.51 bits per heavy atom. The highest BCUT2D eigenvalue weighted by atomic mass is 33.1. The molecule has 4 aromatic rings. The number of ether oxygens (including phenoxy) is 6. The monoisotopic (exact) mass is 865 g/mol. The Balaban J connectivity index is 1.45. The number of nitrogens with zero attached hydrogens (tertiary/aromatic N) is 2. The molecule has 2 aliphatic heterocycles. The van der Waals surface area contributed by atoms with Crippen LogP contribution in [0.3, 0.4) is 0 Å². The van der Waals surface area contributed by atoms with Crippen molar-refractivity contribution in [1.82, 2.24) is 9.55 Å². The molecule has 2 aliphatic rings. The first kappa shape index (κ1) is 44.2. The lowest BCUT2D eigenvalue weighted by atomic mass is 9.80. The van der Waals surface area contributed by atoms with Crippen LogP contribution < -0.4 is 20.7 Å². The number of hydrogen-bond acceptors (Lipinski definition) is 15. The van der Waals surface area contributed by atoms with Gasteiger partial charge in [-0.15, -0.1) is 6.42 Å². The number of phosphoric ester groups is 1. The molecule has 6 rings (SSSR count). The number of hydrogen-bond donors (Lipinski definition) is 1. The Morgan fingerprint density at radius 3 is 2.08 bits per heavy atom. The smallest absolute Gasteiger partial charge is 0.475 e. The van der Waals surface area contributed by atoms with Crippen LogP contribution in [-0.2, 0) is 42.7 Å². The van der Waals surface area contributed by atoms with Gasteiger partial charge in [0.25, 0.3) is 5.56 Å². The number of benzene rings is 3. The molecule has 0 spiro atoms. The molecule has 3 heterocycles. The van der Waals surface area contributed by atoms with E-state index in [1.165, 1.54) is 30.2 Å². The van der Waals surface area contributed by atoms with E-state index in [-0.39, 0.29) is 26.2 Å². The van der Waals surface area contributed by atoms with Gasteiger partial charge in [0.1, 0.15) is 48.1 Å². The molecule has 2 fully saturated rings. The molecule has 15 nitrogen and oxygen atoms in total. The minimum absolute atomic E-state index is 0.00101. The van der Waals surface area contributed by atoms with Crippen molar-refractivity contribution in [2.75, 3.05) is 52.7 Å². The van der Waals surface area contributed by atoms with E-state index in [1.807, 2.05) is 84.9 Å². The summed E-state index contributed by atoms with van der Waals surface area (Å²) in [6, 6.07) is 27.6. The third-order valence-corrected chi connectivity index (χ3v) is 13.6. The molecule has 3 aromatic carbocycles. The normalized spacial score (nSPS) is 22.8. The van der Waals surface area contributed by atoms with Crippen molar-refractivity contribution < 1.29 is 46.6 Å². The zero-order chi connectivity index (χ0) is 41.8. The molecular weight excluding hydrogens is 822 g/mol. The summed E-state index contributed by atoms with van der Waals surface area (Å²) < 4.78 is 71.0. The molecule has 18 heteroatoms. The lowest BCUT2D eigenvalue weighted by Gasteiger charge is -2.37. The van der Waals surface area contributed by atoms with Crippen molar-refractivity contribution in [3.63, 3.8) is 0 Å². The molecule has 0 radical (unpaired) electrons. The van der Waals surface area contributed by atoms with Crippen molar-refractivity contribution in [2.24, 2.45) is 0 Å². The fourth-order valence-electron chi connectivity index (χ4n) is 6.81. The molecule has 7 atom stereocenters. The summed E-state index contributed by atoms with van der Waals surface area (Å²) in [5, 5.41) is 9.35. The van der Waals surface area contributed by atoms with Crippen molar-refractivity contribution in [3.8, 4) is 29.9 Å². The number of phosphoric acid groups is 1. The number of terminal acetylenes is 1. The first-order valence-corrected chi connectivity index (χ1v) is 22.4. The molecule has 0 saturated carbocycles. The SMILES string of the molecule is C#CCO[C@@H]1CSSCC1OP(=O)(OCCC#N)O[C@H]1[C@@H](OC)[C@H](n2ccc(=O)[nH]c2=O)O[C@@H]1COC(c1ccccc1)(c1ccc(OC)cc1)c1ccc(OC)cc1. The fraction of sp³-hybridized carbons (Fsp3) is 0.390. The number of nitrogens with one attached hydrogen (secondary N) is 1. The summed E-state index contributed by atoms with van der Waals surface area (Å²) in [7, 11) is 2.96. The van der Waals surface area contributed by atoms with Gasteiger partial charge in [0.05, 0.1) is 46.0 Å². The number of H-pyrrole nitrogens is 1. The fourth-order valence-corrected chi connectivity index (χ4v) is 10.9. The van der Waals surface area contributed by atoms with Crippen LogP contribution in [0.25, 0.3) is 0 Å². The molecule has 0 bridgehead atoms. The van der Waals surface area contributed by atoms with E-state index in [2.05, 4.69) is 10.9 Å². The zero-order valence-corrected chi connectivity index (χ0v) is 35.0. The topological polar surface area (TPSA) is 179 Å². The van der Waals surface area contributed by atoms with Crippen molar-refractivity contribution >= 4 is 29.4 Å². The Hall–Kier alpha value is -4.36.